The fourth-order valence-electron chi connectivity index (χ4n) is 0.581. The normalized spacial score (nSPS) is 12.9. The second-order valence-electron chi connectivity index (χ2n) is 2.65. The molecule has 68 valence electrons. The fourth-order valence-corrected chi connectivity index (χ4v) is 1.74. The highest BCUT2D eigenvalue weighted by Gasteiger charge is 2.18. The summed E-state index contributed by atoms with van der Waals surface area (Å²) in [5.74, 6) is -0.193. The number of hydrogen-bond acceptors (Lipinski definition) is 3. The molecule has 0 heterocycles. The Hall–Kier alpha value is -0.130. The van der Waals surface area contributed by atoms with E-state index in [1.165, 1.54) is 11.4 Å². The molecule has 0 atom stereocenters. The molecule has 5 heteroatoms. The molecule has 0 rings (SSSR count). The van der Waals surface area contributed by atoms with Crippen molar-refractivity contribution in [1.29, 1.82) is 0 Å². The zero-order valence-corrected chi connectivity index (χ0v) is 7.93. The predicted molar refractivity (Wildman–Crippen MR) is 43.8 cm³/mol. The first kappa shape index (κ1) is 10.9. The average molecular weight is 181 g/mol. The third-order valence-corrected chi connectivity index (χ3v) is 3.51. The van der Waals surface area contributed by atoms with Crippen LogP contribution in [-0.4, -0.2) is 43.3 Å². The van der Waals surface area contributed by atoms with Crippen molar-refractivity contribution in [2.45, 2.75) is 19.9 Å². The summed E-state index contributed by atoms with van der Waals surface area (Å²) < 4.78 is 23.5. The maximum atomic E-state index is 11.1. The van der Waals surface area contributed by atoms with Gasteiger partial charge in [-0.1, -0.05) is 0 Å². The van der Waals surface area contributed by atoms with Crippen LogP contribution in [0, 0.1) is 0 Å². The Kier molecular flexibility index (Phi) is 3.99. The van der Waals surface area contributed by atoms with Gasteiger partial charge in [-0.25, -0.2) is 12.7 Å². The highest BCUT2D eigenvalue weighted by molar-refractivity contribution is 7.89. The van der Waals surface area contributed by atoms with Gasteiger partial charge in [-0.15, -0.1) is 0 Å². The van der Waals surface area contributed by atoms with Crippen molar-refractivity contribution in [2.24, 2.45) is 0 Å². The van der Waals surface area contributed by atoms with Crippen molar-refractivity contribution in [2.75, 3.05) is 19.4 Å². The van der Waals surface area contributed by atoms with Crippen LogP contribution in [0.2, 0.25) is 0 Å². The zero-order valence-electron chi connectivity index (χ0n) is 7.11. The Morgan fingerprint density at radius 3 is 2.18 bits per heavy atom. The van der Waals surface area contributed by atoms with E-state index in [1.807, 2.05) is 0 Å². The van der Waals surface area contributed by atoms with Crippen LogP contribution in [0.15, 0.2) is 0 Å². The van der Waals surface area contributed by atoms with Gasteiger partial charge in [0.05, 0.1) is 12.4 Å². The molecule has 0 amide bonds. The van der Waals surface area contributed by atoms with Crippen LogP contribution in [0.1, 0.15) is 13.8 Å². The van der Waals surface area contributed by atoms with E-state index in [0.717, 1.165) is 0 Å². The van der Waals surface area contributed by atoms with Gasteiger partial charge in [-0.3, -0.25) is 0 Å². The Morgan fingerprint density at radius 1 is 1.45 bits per heavy atom. The van der Waals surface area contributed by atoms with E-state index in [4.69, 9.17) is 5.11 Å². The minimum Gasteiger partial charge on any atom is -0.395 e. The summed E-state index contributed by atoms with van der Waals surface area (Å²) in [6, 6.07) is -0.0495. The zero-order chi connectivity index (χ0) is 9.07. The van der Waals surface area contributed by atoms with Gasteiger partial charge in [-0.05, 0) is 13.8 Å². The second kappa shape index (κ2) is 4.04. The molecule has 0 saturated carbocycles. The van der Waals surface area contributed by atoms with Gasteiger partial charge in [0.1, 0.15) is 0 Å². The van der Waals surface area contributed by atoms with Crippen molar-refractivity contribution >= 4 is 10.0 Å². The molecule has 4 nitrogen and oxygen atoms in total. The Balaban J connectivity index is 4.31. The predicted octanol–water partition coefficient (Wildman–Crippen LogP) is -0.351. The molecule has 0 aromatic carbocycles. The molecule has 0 unspecified atom stereocenters. The van der Waals surface area contributed by atoms with E-state index in [0.29, 0.717) is 0 Å². The number of rotatable bonds is 4. The van der Waals surface area contributed by atoms with Crippen LogP contribution in [0.25, 0.3) is 0 Å². The van der Waals surface area contributed by atoms with Crippen molar-refractivity contribution in [3.63, 3.8) is 0 Å². The van der Waals surface area contributed by atoms with E-state index in [-0.39, 0.29) is 18.4 Å². The summed E-state index contributed by atoms with van der Waals surface area (Å²) in [6.45, 7) is 3.25. The monoisotopic (exact) mass is 181 g/mol. The standard InChI is InChI=1S/C6H15NO3S/c1-6(2)7(3)11(9,10)5-4-8/h6,8H,4-5H2,1-3H3. The van der Waals surface area contributed by atoms with Gasteiger partial charge in [0.25, 0.3) is 0 Å². The van der Waals surface area contributed by atoms with Gasteiger partial charge in [-0.2, -0.15) is 0 Å². The molecule has 0 fully saturated rings. The molecular weight excluding hydrogens is 166 g/mol. The molecule has 11 heavy (non-hydrogen) atoms. The third-order valence-electron chi connectivity index (χ3n) is 1.52. The number of hydrogen-bond donors (Lipinski definition) is 1. The lowest BCUT2D eigenvalue weighted by atomic mass is 10.4. The van der Waals surface area contributed by atoms with Crippen LogP contribution in [0.5, 0.6) is 0 Å². The molecule has 0 radical (unpaired) electrons. The molecular formula is C6H15NO3S. The maximum Gasteiger partial charge on any atom is 0.216 e. The quantitative estimate of drug-likeness (QED) is 0.645. The number of aliphatic hydroxyl groups excluding tert-OH is 1. The summed E-state index contributed by atoms with van der Waals surface area (Å²) in [4.78, 5) is 0. The maximum absolute atomic E-state index is 11.1. The highest BCUT2D eigenvalue weighted by Crippen LogP contribution is 2.02. The summed E-state index contributed by atoms with van der Waals surface area (Å²) in [5, 5.41) is 8.43. The molecule has 0 aliphatic heterocycles. The summed E-state index contributed by atoms with van der Waals surface area (Å²) >= 11 is 0. The molecule has 0 saturated heterocycles. The molecule has 0 aromatic rings. The van der Waals surface area contributed by atoms with Crippen LogP contribution >= 0.6 is 0 Å². The van der Waals surface area contributed by atoms with Gasteiger partial charge in [0.2, 0.25) is 10.0 Å². The van der Waals surface area contributed by atoms with E-state index in [9.17, 15) is 8.42 Å². The lowest BCUT2D eigenvalue weighted by Gasteiger charge is -2.19. The first-order valence-electron chi connectivity index (χ1n) is 3.48. The van der Waals surface area contributed by atoms with E-state index < -0.39 is 10.0 Å². The number of sulfonamides is 1. The topological polar surface area (TPSA) is 57.6 Å². The Morgan fingerprint density at radius 2 is 1.91 bits per heavy atom. The molecule has 0 aliphatic rings. The molecule has 0 aliphatic carbocycles. The van der Waals surface area contributed by atoms with Gasteiger partial charge in [0.15, 0.2) is 0 Å². The Bertz CT molecular complexity index is 198. The molecule has 0 aromatic heterocycles. The molecule has 1 N–H and O–H groups in total. The third kappa shape index (κ3) is 3.18. The first-order chi connectivity index (χ1) is 4.91. The number of nitrogens with zero attached hydrogens (tertiary/aromatic N) is 1. The van der Waals surface area contributed by atoms with E-state index >= 15 is 0 Å². The first-order valence-corrected chi connectivity index (χ1v) is 5.09. The largest absolute Gasteiger partial charge is 0.395 e. The average Bonchev–Trinajstić information content (AvgIpc) is 1.86. The number of aliphatic hydroxyl groups is 1. The van der Waals surface area contributed by atoms with Crippen LogP contribution < -0.4 is 0 Å². The minimum atomic E-state index is -3.23. The van der Waals surface area contributed by atoms with E-state index in [2.05, 4.69) is 0 Å². The SMILES string of the molecule is CC(C)N(C)S(=O)(=O)CCO. The fraction of sp³-hybridized carbons (Fsp3) is 1.00. The molecule has 0 bridgehead atoms. The van der Waals surface area contributed by atoms with Crippen LogP contribution in [-0.2, 0) is 10.0 Å². The van der Waals surface area contributed by atoms with Crippen LogP contribution in [0.4, 0.5) is 0 Å². The van der Waals surface area contributed by atoms with Gasteiger partial charge >= 0.3 is 0 Å². The molecule has 0 spiro atoms. The second-order valence-corrected chi connectivity index (χ2v) is 4.80. The Labute approximate surface area is 67.9 Å². The smallest absolute Gasteiger partial charge is 0.216 e. The van der Waals surface area contributed by atoms with Crippen molar-refractivity contribution in [3.05, 3.63) is 0 Å². The lowest BCUT2D eigenvalue weighted by Crippen LogP contribution is -2.35. The summed E-state index contributed by atoms with van der Waals surface area (Å²) in [5.41, 5.74) is 0. The van der Waals surface area contributed by atoms with Crippen molar-refractivity contribution < 1.29 is 13.5 Å². The van der Waals surface area contributed by atoms with Crippen LogP contribution in [0.3, 0.4) is 0 Å². The van der Waals surface area contributed by atoms with Gasteiger partial charge < -0.3 is 5.11 Å². The van der Waals surface area contributed by atoms with Crippen molar-refractivity contribution in [3.8, 4) is 0 Å². The van der Waals surface area contributed by atoms with Gasteiger partial charge in [0, 0.05) is 13.1 Å². The summed E-state index contributed by atoms with van der Waals surface area (Å²) in [7, 11) is -1.72. The highest BCUT2D eigenvalue weighted by atomic mass is 32.2. The van der Waals surface area contributed by atoms with E-state index in [1.54, 1.807) is 13.8 Å². The van der Waals surface area contributed by atoms with Crippen molar-refractivity contribution in [1.82, 2.24) is 4.31 Å². The minimum absolute atomic E-state index is 0.0495. The summed E-state index contributed by atoms with van der Waals surface area (Å²) in [6.07, 6.45) is 0. The lowest BCUT2D eigenvalue weighted by molar-refractivity contribution is 0.314.